The first-order valence-electron chi connectivity index (χ1n) is 7.46. The van der Waals surface area contributed by atoms with Gasteiger partial charge < -0.3 is 19.5 Å². The zero-order valence-electron chi connectivity index (χ0n) is 12.8. The Bertz CT molecular complexity index is 508. The molecule has 0 bridgehead atoms. The molecule has 1 saturated heterocycles. The minimum Gasteiger partial charge on any atom is -0.494 e. The van der Waals surface area contributed by atoms with Crippen molar-refractivity contribution in [3.63, 3.8) is 0 Å². The van der Waals surface area contributed by atoms with Gasteiger partial charge in [-0.2, -0.15) is 0 Å². The van der Waals surface area contributed by atoms with E-state index in [2.05, 4.69) is 5.32 Å². The summed E-state index contributed by atoms with van der Waals surface area (Å²) in [5, 5.41) is 2.69. The molecule has 6 nitrogen and oxygen atoms in total. The zero-order valence-corrected chi connectivity index (χ0v) is 12.8. The van der Waals surface area contributed by atoms with Gasteiger partial charge in [0.25, 0.3) is 5.91 Å². The molecule has 0 spiro atoms. The van der Waals surface area contributed by atoms with Gasteiger partial charge in [0.05, 0.1) is 6.61 Å². The van der Waals surface area contributed by atoms with Crippen molar-refractivity contribution < 1.29 is 23.8 Å². The monoisotopic (exact) mass is 307 g/mol. The van der Waals surface area contributed by atoms with Crippen LogP contribution in [0.25, 0.3) is 0 Å². The zero-order chi connectivity index (χ0) is 15.9. The largest absolute Gasteiger partial charge is 0.494 e. The second kappa shape index (κ2) is 7.79. The van der Waals surface area contributed by atoms with Gasteiger partial charge in [-0.05, 0) is 51.0 Å². The quantitative estimate of drug-likeness (QED) is 0.815. The number of carbonyl (C=O) groups is 2. The lowest BCUT2D eigenvalue weighted by atomic mass is 10.2. The molecular formula is C16H21NO5. The van der Waals surface area contributed by atoms with Gasteiger partial charge >= 0.3 is 5.97 Å². The number of nitrogens with one attached hydrogen (secondary N) is 1. The molecule has 1 fully saturated rings. The number of hydrogen-bond acceptors (Lipinski definition) is 5. The maximum Gasteiger partial charge on any atom is 0.336 e. The van der Waals surface area contributed by atoms with Crippen LogP contribution < -0.4 is 10.1 Å². The first kappa shape index (κ1) is 16.3. The van der Waals surface area contributed by atoms with E-state index in [1.54, 1.807) is 24.3 Å². The van der Waals surface area contributed by atoms with Crippen LogP contribution in [0.4, 0.5) is 5.69 Å². The molecule has 1 aliphatic heterocycles. The molecule has 0 aromatic heterocycles. The van der Waals surface area contributed by atoms with Crippen molar-refractivity contribution in [3.8, 4) is 5.75 Å². The van der Waals surface area contributed by atoms with Gasteiger partial charge in [-0.3, -0.25) is 4.79 Å². The van der Waals surface area contributed by atoms with E-state index in [1.165, 1.54) is 6.92 Å². The van der Waals surface area contributed by atoms with Gasteiger partial charge in [0.1, 0.15) is 5.75 Å². The molecule has 0 unspecified atom stereocenters. The highest BCUT2D eigenvalue weighted by atomic mass is 16.6. The molecule has 1 amide bonds. The maximum atomic E-state index is 12.0. The van der Waals surface area contributed by atoms with E-state index in [0.717, 1.165) is 12.2 Å². The SMILES string of the molecule is CCOc1ccc(NC(=O)[C@H](C)OC(=O)[C@@H]2CCCO2)cc1. The van der Waals surface area contributed by atoms with Gasteiger partial charge in [0.2, 0.25) is 0 Å². The number of carbonyl (C=O) groups excluding carboxylic acids is 2. The fourth-order valence-electron chi connectivity index (χ4n) is 2.11. The topological polar surface area (TPSA) is 73.9 Å². The second-order valence-corrected chi connectivity index (χ2v) is 5.03. The summed E-state index contributed by atoms with van der Waals surface area (Å²) < 4.78 is 15.7. The summed E-state index contributed by atoms with van der Waals surface area (Å²) in [6.07, 6.45) is 0.0717. The normalized spacial score (nSPS) is 18.5. The number of rotatable bonds is 6. The standard InChI is InChI=1S/C16H21NO5/c1-3-20-13-8-6-12(7-9-13)17-15(18)11(2)22-16(19)14-5-4-10-21-14/h6-9,11,14H,3-5,10H2,1-2H3,(H,17,18)/t11-,14-/m0/s1. The Kier molecular flexibility index (Phi) is 5.77. The van der Waals surface area contributed by atoms with Crippen LogP contribution in [-0.2, 0) is 19.1 Å². The molecule has 22 heavy (non-hydrogen) atoms. The minimum absolute atomic E-state index is 0.379. The van der Waals surface area contributed by atoms with Gasteiger partial charge in [-0.1, -0.05) is 0 Å². The van der Waals surface area contributed by atoms with Crippen LogP contribution in [0.5, 0.6) is 5.75 Å². The number of hydrogen-bond donors (Lipinski definition) is 1. The highest BCUT2D eigenvalue weighted by molar-refractivity contribution is 5.95. The van der Waals surface area contributed by atoms with Crippen LogP contribution >= 0.6 is 0 Å². The Labute approximate surface area is 129 Å². The summed E-state index contributed by atoms with van der Waals surface area (Å²) in [6, 6.07) is 7.00. The van der Waals surface area contributed by atoms with Crippen molar-refractivity contribution in [2.75, 3.05) is 18.5 Å². The fourth-order valence-corrected chi connectivity index (χ4v) is 2.11. The smallest absolute Gasteiger partial charge is 0.336 e. The fraction of sp³-hybridized carbons (Fsp3) is 0.500. The Morgan fingerprint density at radius 3 is 2.68 bits per heavy atom. The van der Waals surface area contributed by atoms with E-state index in [-0.39, 0.29) is 5.91 Å². The van der Waals surface area contributed by atoms with Crippen molar-refractivity contribution >= 4 is 17.6 Å². The van der Waals surface area contributed by atoms with Gasteiger partial charge in [-0.15, -0.1) is 0 Å². The first-order valence-corrected chi connectivity index (χ1v) is 7.46. The third kappa shape index (κ3) is 4.46. The van der Waals surface area contributed by atoms with E-state index in [1.807, 2.05) is 6.92 Å². The van der Waals surface area contributed by atoms with Crippen LogP contribution in [0.3, 0.4) is 0 Å². The molecule has 1 aromatic carbocycles. The summed E-state index contributed by atoms with van der Waals surface area (Å²) in [5.74, 6) is -0.124. The molecule has 0 aliphatic carbocycles. The van der Waals surface area contributed by atoms with Gasteiger partial charge in [0.15, 0.2) is 12.2 Å². The Balaban J connectivity index is 1.83. The van der Waals surface area contributed by atoms with Crippen LogP contribution in [0.15, 0.2) is 24.3 Å². The van der Waals surface area contributed by atoms with E-state index in [9.17, 15) is 9.59 Å². The number of benzene rings is 1. The Morgan fingerprint density at radius 1 is 1.36 bits per heavy atom. The van der Waals surface area contributed by atoms with Crippen LogP contribution in [0.2, 0.25) is 0 Å². The van der Waals surface area contributed by atoms with E-state index >= 15 is 0 Å². The highest BCUT2D eigenvalue weighted by Gasteiger charge is 2.28. The molecule has 2 rings (SSSR count). The molecule has 1 aliphatic rings. The highest BCUT2D eigenvalue weighted by Crippen LogP contribution is 2.17. The molecule has 1 N–H and O–H groups in total. The molecule has 1 aromatic rings. The molecule has 0 saturated carbocycles. The lowest BCUT2D eigenvalue weighted by Gasteiger charge is -2.16. The van der Waals surface area contributed by atoms with Crippen molar-refractivity contribution in [2.24, 2.45) is 0 Å². The predicted octanol–water partition coefficient (Wildman–Crippen LogP) is 2.13. The average molecular weight is 307 g/mol. The summed E-state index contributed by atoms with van der Waals surface area (Å²) in [4.78, 5) is 23.8. The van der Waals surface area contributed by atoms with Crippen molar-refractivity contribution in [1.82, 2.24) is 0 Å². The molecular weight excluding hydrogens is 286 g/mol. The van der Waals surface area contributed by atoms with E-state index < -0.39 is 18.2 Å². The Hall–Kier alpha value is -2.08. The minimum atomic E-state index is -0.872. The predicted molar refractivity (Wildman–Crippen MR) is 80.8 cm³/mol. The number of amides is 1. The van der Waals surface area contributed by atoms with Gasteiger partial charge in [-0.25, -0.2) is 4.79 Å². The lowest BCUT2D eigenvalue weighted by molar-refractivity contribution is -0.162. The summed E-state index contributed by atoms with van der Waals surface area (Å²) in [5.41, 5.74) is 0.619. The number of esters is 1. The number of anilines is 1. The molecule has 0 radical (unpaired) electrons. The van der Waals surface area contributed by atoms with Gasteiger partial charge in [0, 0.05) is 12.3 Å². The lowest BCUT2D eigenvalue weighted by Crippen LogP contribution is -2.33. The molecule has 2 atom stereocenters. The third-order valence-electron chi connectivity index (χ3n) is 3.29. The van der Waals surface area contributed by atoms with Crippen LogP contribution in [0.1, 0.15) is 26.7 Å². The summed E-state index contributed by atoms with van der Waals surface area (Å²) in [6.45, 7) is 4.59. The summed E-state index contributed by atoms with van der Waals surface area (Å²) in [7, 11) is 0. The third-order valence-corrected chi connectivity index (χ3v) is 3.29. The molecule has 120 valence electrons. The van der Waals surface area contributed by atoms with Crippen molar-refractivity contribution in [3.05, 3.63) is 24.3 Å². The Morgan fingerprint density at radius 2 is 2.09 bits per heavy atom. The van der Waals surface area contributed by atoms with Crippen LogP contribution in [0, 0.1) is 0 Å². The molecule has 1 heterocycles. The average Bonchev–Trinajstić information content (AvgIpc) is 3.04. The first-order chi connectivity index (χ1) is 10.6. The molecule has 6 heteroatoms. The van der Waals surface area contributed by atoms with Crippen molar-refractivity contribution in [1.29, 1.82) is 0 Å². The second-order valence-electron chi connectivity index (χ2n) is 5.03. The van der Waals surface area contributed by atoms with Crippen LogP contribution in [-0.4, -0.2) is 37.3 Å². The van der Waals surface area contributed by atoms with E-state index in [4.69, 9.17) is 14.2 Å². The van der Waals surface area contributed by atoms with Crippen molar-refractivity contribution in [2.45, 2.75) is 38.9 Å². The summed E-state index contributed by atoms with van der Waals surface area (Å²) >= 11 is 0. The number of ether oxygens (including phenoxy) is 3. The van der Waals surface area contributed by atoms with E-state index in [0.29, 0.717) is 25.3 Å². The maximum absolute atomic E-state index is 12.0.